The van der Waals surface area contributed by atoms with Gasteiger partial charge in [-0.05, 0) is 12.8 Å². The van der Waals surface area contributed by atoms with Crippen molar-refractivity contribution >= 4 is 38.3 Å². The number of carbonyl (C=O) groups excluding carboxylic acids is 2. The first-order valence-corrected chi connectivity index (χ1v) is 9.27. The van der Waals surface area contributed by atoms with E-state index in [4.69, 9.17) is 5.73 Å². The Hall–Kier alpha value is -1.52. The molecule has 10 heteroatoms. The van der Waals surface area contributed by atoms with Gasteiger partial charge in [-0.3, -0.25) is 9.59 Å². The Morgan fingerprint density at radius 1 is 1.41 bits per heavy atom. The lowest BCUT2D eigenvalue weighted by Gasteiger charge is -2.36. The smallest absolute Gasteiger partial charge is 0.231 e. The molecule has 1 aliphatic heterocycles. The molecule has 1 aliphatic carbocycles. The van der Waals surface area contributed by atoms with E-state index in [9.17, 15) is 18.0 Å². The number of hydrogen-bond acceptors (Lipinski definition) is 6. The molecule has 0 atom stereocenters. The molecular formula is C12H16N4O4S2. The number of nitrogens with two attached hydrogens (primary N) is 1. The lowest BCUT2D eigenvalue weighted by molar-refractivity contribution is -0.123. The van der Waals surface area contributed by atoms with E-state index in [1.165, 1.54) is 15.6 Å². The summed E-state index contributed by atoms with van der Waals surface area (Å²) in [5.74, 6) is -1.08. The van der Waals surface area contributed by atoms with Gasteiger partial charge in [-0.1, -0.05) is 0 Å². The molecule has 2 aliphatic rings. The normalized spacial score (nSPS) is 19.6. The third-order valence-corrected chi connectivity index (χ3v) is 6.80. The molecule has 22 heavy (non-hydrogen) atoms. The van der Waals surface area contributed by atoms with Crippen molar-refractivity contribution in [2.24, 2.45) is 11.7 Å². The fourth-order valence-corrected chi connectivity index (χ4v) is 4.86. The second kappa shape index (κ2) is 5.60. The monoisotopic (exact) mass is 344 g/mol. The quantitative estimate of drug-likeness (QED) is 0.722. The maximum atomic E-state index is 12.0. The first kappa shape index (κ1) is 15.4. The van der Waals surface area contributed by atoms with Gasteiger partial charge in [0.15, 0.2) is 5.13 Å². The molecule has 1 saturated heterocycles. The van der Waals surface area contributed by atoms with E-state index in [1.54, 1.807) is 5.38 Å². The molecule has 0 bridgehead atoms. The van der Waals surface area contributed by atoms with Crippen molar-refractivity contribution in [3.63, 3.8) is 0 Å². The van der Waals surface area contributed by atoms with Crippen molar-refractivity contribution in [3.8, 4) is 0 Å². The maximum Gasteiger partial charge on any atom is 0.231 e. The lowest BCUT2D eigenvalue weighted by atomic mass is 10.0. The number of hydrogen-bond donors (Lipinski definition) is 2. The number of nitrogens with one attached hydrogen (secondary N) is 1. The summed E-state index contributed by atoms with van der Waals surface area (Å²) in [5.41, 5.74) is 5.59. The summed E-state index contributed by atoms with van der Waals surface area (Å²) in [6, 6.07) is 0. The number of rotatable bonds is 6. The SMILES string of the molecule is NC(=O)Cc1csc(NC(=O)C2CN(S(=O)(=O)C3CC3)C2)n1. The molecule has 3 N–H and O–H groups in total. The number of primary amides is 1. The molecule has 1 saturated carbocycles. The predicted octanol–water partition coefficient (Wildman–Crippen LogP) is -0.467. The molecule has 2 fully saturated rings. The van der Waals surface area contributed by atoms with Crippen LogP contribution in [-0.4, -0.2) is 47.9 Å². The van der Waals surface area contributed by atoms with Crippen LogP contribution < -0.4 is 11.1 Å². The Kier molecular flexibility index (Phi) is 3.91. The average Bonchev–Trinajstić information content (AvgIpc) is 3.11. The van der Waals surface area contributed by atoms with Crippen LogP contribution >= 0.6 is 11.3 Å². The Labute approximate surface area is 131 Å². The van der Waals surface area contributed by atoms with Crippen molar-refractivity contribution in [2.45, 2.75) is 24.5 Å². The number of nitrogens with zero attached hydrogens (tertiary/aromatic N) is 2. The number of sulfonamides is 1. The maximum absolute atomic E-state index is 12.0. The zero-order chi connectivity index (χ0) is 15.9. The minimum absolute atomic E-state index is 0.0310. The van der Waals surface area contributed by atoms with Crippen LogP contribution in [0.4, 0.5) is 5.13 Å². The van der Waals surface area contributed by atoms with Gasteiger partial charge in [0.1, 0.15) is 0 Å². The molecule has 0 radical (unpaired) electrons. The van der Waals surface area contributed by atoms with Crippen LogP contribution in [0.25, 0.3) is 0 Å². The summed E-state index contributed by atoms with van der Waals surface area (Å²) in [6.45, 7) is 0.453. The molecule has 1 aromatic heterocycles. The molecule has 0 spiro atoms. The summed E-state index contributed by atoms with van der Waals surface area (Å²) in [6.07, 6.45) is 1.47. The molecule has 0 aromatic carbocycles. The van der Waals surface area contributed by atoms with E-state index in [1.807, 2.05) is 0 Å². The van der Waals surface area contributed by atoms with Gasteiger partial charge in [-0.15, -0.1) is 11.3 Å². The molecule has 120 valence electrons. The van der Waals surface area contributed by atoms with E-state index in [-0.39, 0.29) is 36.6 Å². The highest BCUT2D eigenvalue weighted by atomic mass is 32.2. The van der Waals surface area contributed by atoms with Gasteiger partial charge in [-0.2, -0.15) is 4.31 Å². The minimum Gasteiger partial charge on any atom is -0.369 e. The minimum atomic E-state index is -3.19. The van der Waals surface area contributed by atoms with Gasteiger partial charge >= 0.3 is 0 Å². The van der Waals surface area contributed by atoms with Gasteiger partial charge in [0.25, 0.3) is 0 Å². The Morgan fingerprint density at radius 2 is 2.09 bits per heavy atom. The van der Waals surface area contributed by atoms with Gasteiger partial charge in [0.2, 0.25) is 21.8 Å². The zero-order valence-electron chi connectivity index (χ0n) is 11.7. The number of carbonyl (C=O) groups is 2. The van der Waals surface area contributed by atoms with Crippen molar-refractivity contribution < 1.29 is 18.0 Å². The fraction of sp³-hybridized carbons (Fsp3) is 0.583. The van der Waals surface area contributed by atoms with Crippen LogP contribution in [0.2, 0.25) is 0 Å². The van der Waals surface area contributed by atoms with Crippen molar-refractivity contribution in [3.05, 3.63) is 11.1 Å². The van der Waals surface area contributed by atoms with Gasteiger partial charge in [0.05, 0.1) is 23.3 Å². The third kappa shape index (κ3) is 3.13. The highest BCUT2D eigenvalue weighted by Gasteiger charge is 2.46. The van der Waals surface area contributed by atoms with E-state index in [0.29, 0.717) is 10.8 Å². The highest BCUT2D eigenvalue weighted by Crippen LogP contribution is 2.34. The summed E-state index contributed by atoms with van der Waals surface area (Å²) in [7, 11) is -3.19. The zero-order valence-corrected chi connectivity index (χ0v) is 13.3. The summed E-state index contributed by atoms with van der Waals surface area (Å²) in [4.78, 5) is 26.9. The van der Waals surface area contributed by atoms with Crippen LogP contribution in [0, 0.1) is 5.92 Å². The molecule has 2 heterocycles. The fourth-order valence-electron chi connectivity index (χ4n) is 2.22. The second-order valence-corrected chi connectivity index (χ2v) is 8.61. The molecule has 1 aromatic rings. The first-order chi connectivity index (χ1) is 10.4. The largest absolute Gasteiger partial charge is 0.369 e. The van der Waals surface area contributed by atoms with E-state index in [0.717, 1.165) is 12.8 Å². The van der Waals surface area contributed by atoms with Crippen LogP contribution in [-0.2, 0) is 26.0 Å². The lowest BCUT2D eigenvalue weighted by Crippen LogP contribution is -2.55. The third-order valence-electron chi connectivity index (χ3n) is 3.66. The Balaban J connectivity index is 1.51. The second-order valence-electron chi connectivity index (χ2n) is 5.53. The van der Waals surface area contributed by atoms with E-state index in [2.05, 4.69) is 10.3 Å². The number of thiazole rings is 1. The predicted molar refractivity (Wildman–Crippen MR) is 80.6 cm³/mol. The van der Waals surface area contributed by atoms with Crippen molar-refractivity contribution in [2.75, 3.05) is 18.4 Å². The number of amides is 2. The van der Waals surface area contributed by atoms with Gasteiger partial charge in [0, 0.05) is 18.5 Å². The first-order valence-electron chi connectivity index (χ1n) is 6.89. The van der Waals surface area contributed by atoms with Crippen LogP contribution in [0.15, 0.2) is 5.38 Å². The van der Waals surface area contributed by atoms with Crippen molar-refractivity contribution in [1.82, 2.24) is 9.29 Å². The standard InChI is InChI=1S/C12H16N4O4S2/c13-10(17)3-8-6-21-12(14-8)15-11(18)7-4-16(5-7)22(19,20)9-1-2-9/h6-7,9H,1-5H2,(H2,13,17)(H,14,15,18). The topological polar surface area (TPSA) is 122 Å². The van der Waals surface area contributed by atoms with E-state index >= 15 is 0 Å². The molecule has 2 amide bonds. The van der Waals surface area contributed by atoms with Gasteiger partial charge in [-0.25, -0.2) is 13.4 Å². The Morgan fingerprint density at radius 3 is 2.68 bits per heavy atom. The van der Waals surface area contributed by atoms with Crippen LogP contribution in [0.5, 0.6) is 0 Å². The number of aromatic nitrogens is 1. The van der Waals surface area contributed by atoms with E-state index < -0.39 is 15.9 Å². The summed E-state index contributed by atoms with van der Waals surface area (Å²) in [5, 5.41) is 4.46. The average molecular weight is 344 g/mol. The molecule has 3 rings (SSSR count). The summed E-state index contributed by atoms with van der Waals surface area (Å²) >= 11 is 1.21. The van der Waals surface area contributed by atoms with Crippen molar-refractivity contribution in [1.29, 1.82) is 0 Å². The summed E-state index contributed by atoms with van der Waals surface area (Å²) < 4.78 is 25.3. The number of anilines is 1. The molecular weight excluding hydrogens is 328 g/mol. The molecule has 8 nitrogen and oxygen atoms in total. The molecule has 0 unspecified atom stereocenters. The Bertz CT molecular complexity index is 704. The van der Waals surface area contributed by atoms with Crippen LogP contribution in [0.1, 0.15) is 18.5 Å². The van der Waals surface area contributed by atoms with Crippen LogP contribution in [0.3, 0.4) is 0 Å². The van der Waals surface area contributed by atoms with Gasteiger partial charge < -0.3 is 11.1 Å². The highest BCUT2D eigenvalue weighted by molar-refractivity contribution is 7.90.